The van der Waals surface area contributed by atoms with Crippen molar-refractivity contribution in [2.75, 3.05) is 4.90 Å². The van der Waals surface area contributed by atoms with E-state index in [4.69, 9.17) is 4.74 Å². The van der Waals surface area contributed by atoms with Crippen molar-refractivity contribution >= 4 is 23.5 Å². The van der Waals surface area contributed by atoms with Crippen LogP contribution in [-0.2, 0) is 12.8 Å². The Kier molecular flexibility index (Phi) is 5.75. The quantitative estimate of drug-likeness (QED) is 0.223. The van der Waals surface area contributed by atoms with Gasteiger partial charge in [-0.05, 0) is 66.4 Å². The van der Waals surface area contributed by atoms with E-state index in [1.165, 1.54) is 5.56 Å². The van der Waals surface area contributed by atoms with E-state index in [1.54, 1.807) is 54.6 Å². The molecule has 0 aromatic heterocycles. The fraction of sp³-hybridized carbons (Fsp3) is 0.0690. The Morgan fingerprint density at radius 1 is 0.647 bits per heavy atom. The summed E-state index contributed by atoms with van der Waals surface area (Å²) in [5.41, 5.74) is 3.83. The number of nitrogens with zero attached hydrogens (tertiary/aromatic N) is 1. The number of imide groups is 1. The minimum atomic E-state index is -0.447. The summed E-state index contributed by atoms with van der Waals surface area (Å²) in [6, 6.07) is 30.7. The second-order valence-corrected chi connectivity index (χ2v) is 8.02. The van der Waals surface area contributed by atoms with Crippen molar-refractivity contribution in [2.24, 2.45) is 0 Å². The number of amides is 2. The van der Waals surface area contributed by atoms with E-state index in [0.29, 0.717) is 34.5 Å². The van der Waals surface area contributed by atoms with Crippen LogP contribution in [0.4, 0.5) is 5.69 Å². The van der Waals surface area contributed by atoms with E-state index in [0.717, 1.165) is 16.9 Å². The number of esters is 1. The lowest BCUT2D eigenvalue weighted by molar-refractivity contribution is 0.0732. The smallest absolute Gasteiger partial charge is 0.343 e. The van der Waals surface area contributed by atoms with Gasteiger partial charge in [0.1, 0.15) is 5.75 Å². The molecule has 0 atom stereocenters. The fourth-order valence-corrected chi connectivity index (χ4v) is 4.11. The third-order valence-corrected chi connectivity index (χ3v) is 5.86. The third kappa shape index (κ3) is 4.11. The Labute approximate surface area is 197 Å². The molecule has 0 saturated heterocycles. The first-order valence-corrected chi connectivity index (χ1v) is 11.0. The van der Waals surface area contributed by atoms with E-state index >= 15 is 0 Å². The molecule has 4 aromatic carbocycles. The zero-order chi connectivity index (χ0) is 23.5. The van der Waals surface area contributed by atoms with E-state index in [2.05, 4.69) is 12.1 Å². The lowest BCUT2D eigenvalue weighted by atomic mass is 10.00. The molecule has 0 fully saturated rings. The van der Waals surface area contributed by atoms with Crippen LogP contribution in [0.25, 0.3) is 0 Å². The molecule has 0 N–H and O–H groups in total. The van der Waals surface area contributed by atoms with Crippen molar-refractivity contribution in [2.45, 2.75) is 12.8 Å². The summed E-state index contributed by atoms with van der Waals surface area (Å²) in [5, 5.41) is 0. The number of ether oxygens (including phenoxy) is 1. The second-order valence-electron chi connectivity index (χ2n) is 8.02. The molecule has 5 heteroatoms. The normalized spacial score (nSPS) is 12.5. The number of hydrogen-bond donors (Lipinski definition) is 0. The highest BCUT2D eigenvalue weighted by atomic mass is 16.5. The van der Waals surface area contributed by atoms with Crippen molar-refractivity contribution in [1.29, 1.82) is 0 Å². The van der Waals surface area contributed by atoms with Gasteiger partial charge in [-0.2, -0.15) is 0 Å². The molecule has 166 valence electrons. The van der Waals surface area contributed by atoms with Gasteiger partial charge in [0, 0.05) is 0 Å². The molecule has 1 heterocycles. The maximum absolute atomic E-state index is 12.9. The molecule has 2 amide bonds. The molecule has 0 bridgehead atoms. The fourth-order valence-electron chi connectivity index (χ4n) is 4.11. The van der Waals surface area contributed by atoms with Crippen LogP contribution in [0, 0.1) is 0 Å². The molecule has 0 aliphatic carbocycles. The summed E-state index contributed by atoms with van der Waals surface area (Å²) in [5.74, 6) is -0.837. The summed E-state index contributed by atoms with van der Waals surface area (Å²) in [4.78, 5) is 39.4. The number of benzene rings is 4. The first-order valence-electron chi connectivity index (χ1n) is 11.0. The molecule has 1 aliphatic heterocycles. The molecule has 0 unspecified atom stereocenters. The summed E-state index contributed by atoms with van der Waals surface area (Å²) < 4.78 is 5.60. The van der Waals surface area contributed by atoms with Crippen molar-refractivity contribution in [3.05, 3.63) is 131 Å². The van der Waals surface area contributed by atoms with Crippen LogP contribution in [0.5, 0.6) is 5.75 Å². The standard InChI is InChI=1S/C29H21NO4/c31-27-25-12-6-7-13-26(25)28(32)30(27)22-16-18-23(19-17-22)34-29(33)24-11-5-4-10-21(24)15-14-20-8-2-1-3-9-20/h1-13,16-19H,14-15H2. The lowest BCUT2D eigenvalue weighted by Gasteiger charge is -2.14. The number of fused-ring (bicyclic) bond motifs is 1. The Balaban J connectivity index is 1.29. The molecular weight excluding hydrogens is 426 g/mol. The monoisotopic (exact) mass is 447 g/mol. The van der Waals surface area contributed by atoms with Gasteiger partial charge in [-0.1, -0.05) is 60.7 Å². The molecule has 0 spiro atoms. The summed E-state index contributed by atoms with van der Waals surface area (Å²) in [6.45, 7) is 0. The first-order chi connectivity index (χ1) is 16.6. The number of anilines is 1. The minimum Gasteiger partial charge on any atom is -0.423 e. The third-order valence-electron chi connectivity index (χ3n) is 5.86. The zero-order valence-electron chi connectivity index (χ0n) is 18.3. The van der Waals surface area contributed by atoms with Crippen molar-refractivity contribution in [3.63, 3.8) is 0 Å². The van der Waals surface area contributed by atoms with E-state index < -0.39 is 5.97 Å². The Morgan fingerprint density at radius 3 is 1.91 bits per heavy atom. The van der Waals surface area contributed by atoms with Crippen molar-refractivity contribution in [3.8, 4) is 5.75 Å². The maximum Gasteiger partial charge on any atom is 0.343 e. The van der Waals surface area contributed by atoms with Gasteiger partial charge >= 0.3 is 5.97 Å². The van der Waals surface area contributed by atoms with E-state index in [9.17, 15) is 14.4 Å². The SMILES string of the molecule is O=C(Oc1ccc(N2C(=O)c3ccccc3C2=O)cc1)c1ccccc1CCc1ccccc1. The zero-order valence-corrected chi connectivity index (χ0v) is 18.3. The number of carbonyl (C=O) groups is 3. The second kappa shape index (κ2) is 9.16. The van der Waals surface area contributed by atoms with Crippen LogP contribution >= 0.6 is 0 Å². The topological polar surface area (TPSA) is 63.7 Å². The number of rotatable bonds is 6. The van der Waals surface area contributed by atoms with Crippen LogP contribution in [0.3, 0.4) is 0 Å². The van der Waals surface area contributed by atoms with Gasteiger partial charge in [-0.15, -0.1) is 0 Å². The lowest BCUT2D eigenvalue weighted by Crippen LogP contribution is -2.29. The highest BCUT2D eigenvalue weighted by molar-refractivity contribution is 6.34. The molecule has 0 saturated carbocycles. The number of hydrogen-bond acceptors (Lipinski definition) is 4. The largest absolute Gasteiger partial charge is 0.423 e. The molecule has 5 nitrogen and oxygen atoms in total. The van der Waals surface area contributed by atoms with E-state index in [-0.39, 0.29) is 11.8 Å². The van der Waals surface area contributed by atoms with Crippen LogP contribution in [0.1, 0.15) is 42.2 Å². The molecule has 0 radical (unpaired) electrons. The van der Waals surface area contributed by atoms with Gasteiger partial charge in [0.05, 0.1) is 22.4 Å². The van der Waals surface area contributed by atoms with Crippen molar-refractivity contribution < 1.29 is 19.1 Å². The Bertz CT molecular complexity index is 1340. The van der Waals surface area contributed by atoms with Crippen LogP contribution in [0.2, 0.25) is 0 Å². The van der Waals surface area contributed by atoms with E-state index in [1.807, 2.05) is 36.4 Å². The highest BCUT2D eigenvalue weighted by Gasteiger charge is 2.36. The Morgan fingerprint density at radius 2 is 1.24 bits per heavy atom. The highest BCUT2D eigenvalue weighted by Crippen LogP contribution is 2.29. The molecule has 1 aliphatic rings. The molecule has 5 rings (SSSR count). The van der Waals surface area contributed by atoms with Gasteiger partial charge in [0.2, 0.25) is 0 Å². The Hall–Kier alpha value is -4.51. The predicted octanol–water partition coefficient (Wildman–Crippen LogP) is 5.49. The summed E-state index contributed by atoms with van der Waals surface area (Å²) >= 11 is 0. The maximum atomic E-state index is 12.9. The van der Waals surface area contributed by atoms with Gasteiger partial charge in [0.25, 0.3) is 11.8 Å². The molecule has 34 heavy (non-hydrogen) atoms. The summed E-state index contributed by atoms with van der Waals surface area (Å²) in [7, 11) is 0. The summed E-state index contributed by atoms with van der Waals surface area (Å²) in [6.07, 6.45) is 1.54. The average molecular weight is 447 g/mol. The van der Waals surface area contributed by atoms with Gasteiger partial charge in [0.15, 0.2) is 0 Å². The molecule has 4 aromatic rings. The minimum absolute atomic E-state index is 0.336. The van der Waals surface area contributed by atoms with Gasteiger partial charge in [-0.25, -0.2) is 9.69 Å². The predicted molar refractivity (Wildman–Crippen MR) is 129 cm³/mol. The van der Waals surface area contributed by atoms with Crippen molar-refractivity contribution in [1.82, 2.24) is 0 Å². The van der Waals surface area contributed by atoms with Crippen LogP contribution in [0.15, 0.2) is 103 Å². The van der Waals surface area contributed by atoms with Gasteiger partial charge < -0.3 is 4.74 Å². The average Bonchev–Trinajstić information content (AvgIpc) is 3.14. The molecular formula is C29H21NO4. The van der Waals surface area contributed by atoms with Crippen LogP contribution in [-0.4, -0.2) is 17.8 Å². The number of aryl methyl sites for hydroxylation is 2. The van der Waals surface area contributed by atoms with Gasteiger partial charge in [-0.3, -0.25) is 9.59 Å². The number of carbonyl (C=O) groups excluding carboxylic acids is 3. The van der Waals surface area contributed by atoms with Crippen LogP contribution < -0.4 is 9.64 Å². The first kappa shape index (κ1) is 21.3.